The van der Waals surface area contributed by atoms with E-state index < -0.39 is 17.7 Å². The molecule has 2 aromatic carbocycles. The molecule has 1 atom stereocenters. The number of methoxy groups -OCH3 is 2. The normalized spacial score (nSPS) is 18.7. The quantitative estimate of drug-likeness (QED) is 0.508. The minimum Gasteiger partial charge on any atom is -0.507 e. The van der Waals surface area contributed by atoms with Crippen molar-refractivity contribution in [1.29, 1.82) is 0 Å². The van der Waals surface area contributed by atoms with E-state index in [0.29, 0.717) is 22.6 Å². The van der Waals surface area contributed by atoms with Gasteiger partial charge in [0.05, 0.1) is 25.8 Å². The number of ketones is 1. The number of Topliss-reactive ketones (excluding diaryl/α,β-unsaturated/α-hetero) is 1. The van der Waals surface area contributed by atoms with Gasteiger partial charge in [-0.15, -0.1) is 0 Å². The summed E-state index contributed by atoms with van der Waals surface area (Å²) in [4.78, 5) is 24.3. The van der Waals surface area contributed by atoms with Gasteiger partial charge < -0.3 is 19.9 Å². The van der Waals surface area contributed by atoms with Crippen LogP contribution in [-0.2, 0) is 9.59 Å². The Kier molecular flexibility index (Phi) is 4.43. The number of ether oxygens (including phenoxy) is 2. The smallest absolute Gasteiger partial charge is 0.293 e. The zero-order valence-corrected chi connectivity index (χ0v) is 13.8. The van der Waals surface area contributed by atoms with Crippen molar-refractivity contribution < 1.29 is 24.2 Å². The number of hydrogen-bond acceptors (Lipinski definition) is 5. The Hall–Kier alpha value is -3.28. The first kappa shape index (κ1) is 16.6. The molecule has 1 aliphatic heterocycles. The van der Waals surface area contributed by atoms with Crippen LogP contribution in [0.3, 0.4) is 0 Å². The molecule has 25 heavy (non-hydrogen) atoms. The van der Waals surface area contributed by atoms with Gasteiger partial charge in [-0.3, -0.25) is 9.59 Å². The number of aliphatic hydroxyl groups is 1. The van der Waals surface area contributed by atoms with Gasteiger partial charge in [0.15, 0.2) is 0 Å². The van der Waals surface area contributed by atoms with E-state index in [4.69, 9.17) is 9.47 Å². The molecule has 6 heteroatoms. The highest BCUT2D eigenvalue weighted by molar-refractivity contribution is 6.46. The van der Waals surface area contributed by atoms with Crippen LogP contribution in [0.5, 0.6) is 11.5 Å². The van der Waals surface area contributed by atoms with E-state index in [1.165, 1.54) is 14.2 Å². The van der Waals surface area contributed by atoms with Crippen molar-refractivity contribution >= 4 is 17.4 Å². The molecule has 6 nitrogen and oxygen atoms in total. The summed E-state index contributed by atoms with van der Waals surface area (Å²) < 4.78 is 10.6. The Morgan fingerprint density at radius 3 is 2.40 bits per heavy atom. The van der Waals surface area contributed by atoms with Gasteiger partial charge in [-0.25, -0.2) is 0 Å². The summed E-state index contributed by atoms with van der Waals surface area (Å²) in [6.07, 6.45) is 0. The molecule has 0 aliphatic carbocycles. The van der Waals surface area contributed by atoms with Crippen LogP contribution in [0.2, 0.25) is 0 Å². The number of benzene rings is 2. The molecular formula is C19H17NO5. The number of carbonyl (C=O) groups is 2. The first-order valence-corrected chi connectivity index (χ1v) is 7.62. The maximum absolute atomic E-state index is 12.4. The van der Waals surface area contributed by atoms with E-state index in [1.54, 1.807) is 48.5 Å². The largest absolute Gasteiger partial charge is 0.507 e. The maximum Gasteiger partial charge on any atom is 0.293 e. The van der Waals surface area contributed by atoms with Crippen LogP contribution in [0.25, 0.3) is 5.76 Å². The lowest BCUT2D eigenvalue weighted by atomic mass is 9.95. The Bertz CT molecular complexity index is 857. The average molecular weight is 339 g/mol. The number of aliphatic hydroxyl groups excluding tert-OH is 1. The first-order chi connectivity index (χ1) is 12.1. The van der Waals surface area contributed by atoms with E-state index in [9.17, 15) is 14.7 Å². The lowest BCUT2D eigenvalue weighted by molar-refractivity contribution is -0.133. The first-order valence-electron chi connectivity index (χ1n) is 7.62. The van der Waals surface area contributed by atoms with Gasteiger partial charge in [-0.1, -0.05) is 30.3 Å². The predicted molar refractivity (Wildman–Crippen MR) is 91.4 cm³/mol. The number of hydrogen-bond donors (Lipinski definition) is 2. The SMILES string of the molecule is COc1ccc(OC)c(C2NC(=O)C(=O)C2=C(O)c2ccccc2)c1. The Labute approximate surface area is 144 Å². The third-order valence-electron chi connectivity index (χ3n) is 4.07. The molecule has 1 amide bonds. The van der Waals surface area contributed by atoms with E-state index in [1.807, 2.05) is 0 Å². The highest BCUT2D eigenvalue weighted by atomic mass is 16.5. The second kappa shape index (κ2) is 6.68. The fraction of sp³-hybridized carbons (Fsp3) is 0.158. The van der Waals surface area contributed by atoms with Crippen LogP contribution in [-0.4, -0.2) is 31.0 Å². The molecule has 0 bridgehead atoms. The van der Waals surface area contributed by atoms with E-state index in [-0.39, 0.29) is 11.3 Å². The molecule has 128 valence electrons. The average Bonchev–Trinajstić information content (AvgIpc) is 2.96. The van der Waals surface area contributed by atoms with Crippen molar-refractivity contribution in [2.24, 2.45) is 0 Å². The van der Waals surface area contributed by atoms with Crippen LogP contribution in [0, 0.1) is 0 Å². The minimum absolute atomic E-state index is 0.0113. The third-order valence-corrected chi connectivity index (χ3v) is 4.07. The second-order valence-electron chi connectivity index (χ2n) is 5.47. The molecule has 2 N–H and O–H groups in total. The molecule has 2 aromatic rings. The zero-order valence-electron chi connectivity index (χ0n) is 13.8. The van der Waals surface area contributed by atoms with Gasteiger partial charge >= 0.3 is 0 Å². The fourth-order valence-electron chi connectivity index (χ4n) is 2.82. The predicted octanol–water partition coefficient (Wildman–Crippen LogP) is 2.41. The molecule has 1 fully saturated rings. The van der Waals surface area contributed by atoms with Gasteiger partial charge in [-0.2, -0.15) is 0 Å². The Morgan fingerprint density at radius 2 is 1.76 bits per heavy atom. The monoisotopic (exact) mass is 339 g/mol. The fourth-order valence-corrected chi connectivity index (χ4v) is 2.82. The van der Waals surface area contributed by atoms with Crippen molar-refractivity contribution in [3.63, 3.8) is 0 Å². The molecule has 0 spiro atoms. The third kappa shape index (κ3) is 2.94. The molecule has 1 aliphatic rings. The molecule has 0 aromatic heterocycles. The minimum atomic E-state index is -0.828. The number of rotatable bonds is 4. The van der Waals surface area contributed by atoms with E-state index in [2.05, 4.69) is 5.32 Å². The molecule has 1 saturated heterocycles. The standard InChI is InChI=1S/C19H17NO5/c1-24-12-8-9-14(25-2)13(10-12)16-15(18(22)19(23)20-16)17(21)11-6-4-3-5-7-11/h3-10,16,21H,1-2H3,(H,20,23). The molecule has 1 heterocycles. The van der Waals surface area contributed by atoms with Crippen LogP contribution < -0.4 is 14.8 Å². The zero-order chi connectivity index (χ0) is 18.0. The number of amides is 1. The van der Waals surface area contributed by atoms with E-state index in [0.717, 1.165) is 0 Å². The lowest BCUT2D eigenvalue weighted by Crippen LogP contribution is -2.21. The summed E-state index contributed by atoms with van der Waals surface area (Å²) >= 11 is 0. The van der Waals surface area contributed by atoms with Crippen molar-refractivity contribution in [3.05, 3.63) is 65.2 Å². The molecule has 1 unspecified atom stereocenters. The summed E-state index contributed by atoms with van der Waals surface area (Å²) in [5.74, 6) is -0.760. The van der Waals surface area contributed by atoms with Crippen LogP contribution in [0.1, 0.15) is 17.2 Å². The highest BCUT2D eigenvalue weighted by Gasteiger charge is 2.40. The molecule has 0 radical (unpaired) electrons. The van der Waals surface area contributed by atoms with Crippen molar-refractivity contribution in [3.8, 4) is 11.5 Å². The molecule has 3 rings (SSSR count). The summed E-state index contributed by atoms with van der Waals surface area (Å²) in [6.45, 7) is 0. The van der Waals surface area contributed by atoms with Gasteiger partial charge in [0.1, 0.15) is 17.3 Å². The van der Waals surface area contributed by atoms with Gasteiger partial charge in [0.25, 0.3) is 11.7 Å². The summed E-state index contributed by atoms with van der Waals surface area (Å²) in [7, 11) is 3.01. The number of nitrogens with one attached hydrogen (secondary N) is 1. The van der Waals surface area contributed by atoms with Crippen molar-refractivity contribution in [2.75, 3.05) is 14.2 Å². The van der Waals surface area contributed by atoms with Crippen molar-refractivity contribution in [2.45, 2.75) is 6.04 Å². The topological polar surface area (TPSA) is 84.9 Å². The van der Waals surface area contributed by atoms with Gasteiger partial charge in [0, 0.05) is 11.1 Å². The highest BCUT2D eigenvalue weighted by Crippen LogP contribution is 2.38. The van der Waals surface area contributed by atoms with E-state index >= 15 is 0 Å². The van der Waals surface area contributed by atoms with Crippen LogP contribution >= 0.6 is 0 Å². The summed E-state index contributed by atoms with van der Waals surface area (Å²) in [5, 5.41) is 13.2. The molecule has 0 saturated carbocycles. The molecular weight excluding hydrogens is 322 g/mol. The number of carbonyl (C=O) groups excluding carboxylic acids is 2. The van der Waals surface area contributed by atoms with Crippen molar-refractivity contribution in [1.82, 2.24) is 5.32 Å². The lowest BCUT2D eigenvalue weighted by Gasteiger charge is -2.17. The van der Waals surface area contributed by atoms with Crippen LogP contribution in [0.15, 0.2) is 54.1 Å². The Morgan fingerprint density at radius 1 is 1.04 bits per heavy atom. The van der Waals surface area contributed by atoms with Gasteiger partial charge in [-0.05, 0) is 18.2 Å². The second-order valence-corrected chi connectivity index (χ2v) is 5.47. The maximum atomic E-state index is 12.4. The summed E-state index contributed by atoms with van der Waals surface area (Å²) in [5.41, 5.74) is 0.968. The summed E-state index contributed by atoms with van der Waals surface area (Å²) in [6, 6.07) is 12.8. The Balaban J connectivity index is 2.18. The van der Waals surface area contributed by atoms with Crippen LogP contribution in [0.4, 0.5) is 0 Å². The van der Waals surface area contributed by atoms with Gasteiger partial charge in [0.2, 0.25) is 0 Å².